The average Bonchev–Trinajstić information content (AvgIpc) is 3.28. The van der Waals surface area contributed by atoms with E-state index < -0.39 is 11.7 Å². The van der Waals surface area contributed by atoms with Crippen LogP contribution in [0, 0.1) is 17.8 Å². The van der Waals surface area contributed by atoms with E-state index in [0.29, 0.717) is 24.8 Å². The van der Waals surface area contributed by atoms with Crippen LogP contribution in [0.15, 0.2) is 0 Å². The molecule has 2 aliphatic rings. The summed E-state index contributed by atoms with van der Waals surface area (Å²) in [7, 11) is 0. The van der Waals surface area contributed by atoms with Gasteiger partial charge in [-0.25, -0.2) is 4.79 Å². The van der Waals surface area contributed by atoms with Crippen molar-refractivity contribution in [1.82, 2.24) is 10.6 Å². The van der Waals surface area contributed by atoms with Gasteiger partial charge in [-0.3, -0.25) is 4.79 Å². The monoisotopic (exact) mass is 352 g/mol. The molecule has 2 aliphatic carbocycles. The number of amides is 2. The lowest BCUT2D eigenvalue weighted by atomic mass is 9.80. The highest BCUT2D eigenvalue weighted by Crippen LogP contribution is 2.39. The van der Waals surface area contributed by atoms with Gasteiger partial charge in [-0.05, 0) is 71.1 Å². The van der Waals surface area contributed by atoms with Crippen molar-refractivity contribution in [2.24, 2.45) is 17.8 Å². The summed E-state index contributed by atoms with van der Waals surface area (Å²) in [5.74, 6) is 1.80. The van der Waals surface area contributed by atoms with Crippen molar-refractivity contribution in [1.29, 1.82) is 0 Å². The van der Waals surface area contributed by atoms with Crippen LogP contribution in [0.4, 0.5) is 4.79 Å². The number of hydrogen-bond acceptors (Lipinski definition) is 3. The van der Waals surface area contributed by atoms with E-state index in [-0.39, 0.29) is 11.4 Å². The van der Waals surface area contributed by atoms with E-state index in [9.17, 15) is 9.59 Å². The zero-order valence-electron chi connectivity index (χ0n) is 16.6. The maximum absolute atomic E-state index is 12.6. The van der Waals surface area contributed by atoms with Gasteiger partial charge in [0.2, 0.25) is 5.91 Å². The molecule has 0 aromatic heterocycles. The van der Waals surface area contributed by atoms with Crippen LogP contribution in [0.25, 0.3) is 0 Å². The summed E-state index contributed by atoms with van der Waals surface area (Å²) in [5, 5.41) is 6.07. The Morgan fingerprint density at radius 1 is 1.08 bits per heavy atom. The molecule has 0 aliphatic heterocycles. The van der Waals surface area contributed by atoms with Crippen LogP contribution >= 0.6 is 0 Å². The summed E-state index contributed by atoms with van der Waals surface area (Å²) < 4.78 is 5.31. The Kier molecular flexibility index (Phi) is 6.39. The third-order valence-electron chi connectivity index (χ3n) is 5.42. The number of hydrogen-bond donors (Lipinski definition) is 2. The normalized spacial score (nSPS) is 26.4. The zero-order valence-corrected chi connectivity index (χ0v) is 16.6. The standard InChI is InChI=1S/C20H36N2O3/c1-14-7-6-8-15(11-14)12-17(23)22-20(5,16-9-10-16)13-21-18(24)25-19(2,3)4/h14-16H,6-13H2,1-5H3,(H,21,24)(H,22,23). The molecule has 3 atom stereocenters. The molecule has 3 unspecified atom stereocenters. The third kappa shape index (κ3) is 6.87. The third-order valence-corrected chi connectivity index (χ3v) is 5.42. The topological polar surface area (TPSA) is 67.4 Å². The summed E-state index contributed by atoms with van der Waals surface area (Å²) in [6.07, 6.45) is 7.24. The Hall–Kier alpha value is -1.26. The maximum Gasteiger partial charge on any atom is 0.407 e. The molecule has 2 saturated carbocycles. The van der Waals surface area contributed by atoms with Gasteiger partial charge in [0.1, 0.15) is 5.60 Å². The van der Waals surface area contributed by atoms with Gasteiger partial charge in [0, 0.05) is 13.0 Å². The van der Waals surface area contributed by atoms with Crippen molar-refractivity contribution < 1.29 is 14.3 Å². The Labute approximate surface area is 152 Å². The second kappa shape index (κ2) is 7.96. The minimum absolute atomic E-state index is 0.125. The van der Waals surface area contributed by atoms with Gasteiger partial charge < -0.3 is 15.4 Å². The molecule has 2 amide bonds. The van der Waals surface area contributed by atoms with Crippen LogP contribution in [0.5, 0.6) is 0 Å². The average molecular weight is 353 g/mol. The van der Waals surface area contributed by atoms with Gasteiger partial charge in [0.25, 0.3) is 0 Å². The van der Waals surface area contributed by atoms with Crippen molar-refractivity contribution in [2.75, 3.05) is 6.54 Å². The van der Waals surface area contributed by atoms with E-state index in [1.807, 2.05) is 27.7 Å². The smallest absolute Gasteiger partial charge is 0.407 e. The largest absolute Gasteiger partial charge is 0.444 e. The fraction of sp³-hybridized carbons (Fsp3) is 0.900. The molecule has 5 heteroatoms. The molecule has 5 nitrogen and oxygen atoms in total. The molecule has 0 heterocycles. The summed E-state index contributed by atoms with van der Waals surface area (Å²) in [6, 6.07) is 0. The zero-order chi connectivity index (χ0) is 18.7. The highest BCUT2D eigenvalue weighted by Gasteiger charge is 2.43. The van der Waals surface area contributed by atoms with Crippen LogP contribution in [0.1, 0.15) is 79.6 Å². The van der Waals surface area contributed by atoms with Crippen LogP contribution in [-0.2, 0) is 9.53 Å². The fourth-order valence-electron chi connectivity index (χ4n) is 3.96. The van der Waals surface area contributed by atoms with E-state index in [1.165, 1.54) is 12.8 Å². The summed E-state index contributed by atoms with van der Waals surface area (Å²) in [5.41, 5.74) is -0.894. The molecule has 0 spiro atoms. The van der Waals surface area contributed by atoms with E-state index in [4.69, 9.17) is 4.74 Å². The van der Waals surface area contributed by atoms with E-state index >= 15 is 0 Å². The molecule has 0 aromatic rings. The second-order valence-electron chi connectivity index (χ2n) is 9.44. The Morgan fingerprint density at radius 2 is 1.76 bits per heavy atom. The van der Waals surface area contributed by atoms with Gasteiger partial charge in [0.15, 0.2) is 0 Å². The molecule has 0 radical (unpaired) electrons. The van der Waals surface area contributed by atoms with Gasteiger partial charge in [0.05, 0.1) is 5.54 Å². The molecule has 0 saturated heterocycles. The molecule has 2 N–H and O–H groups in total. The quantitative estimate of drug-likeness (QED) is 0.759. The summed E-state index contributed by atoms with van der Waals surface area (Å²) >= 11 is 0. The van der Waals surface area contributed by atoms with Crippen LogP contribution in [-0.4, -0.2) is 29.7 Å². The molecular weight excluding hydrogens is 316 g/mol. The van der Waals surface area contributed by atoms with Gasteiger partial charge in [-0.2, -0.15) is 0 Å². The minimum Gasteiger partial charge on any atom is -0.444 e. The maximum atomic E-state index is 12.6. The lowest BCUT2D eigenvalue weighted by Gasteiger charge is -2.33. The minimum atomic E-state index is -0.513. The van der Waals surface area contributed by atoms with Crippen LogP contribution in [0.2, 0.25) is 0 Å². The Bertz CT molecular complexity index is 482. The van der Waals surface area contributed by atoms with E-state index in [2.05, 4.69) is 17.6 Å². The Balaban J connectivity index is 1.84. The number of nitrogens with one attached hydrogen (secondary N) is 2. The molecular formula is C20H36N2O3. The van der Waals surface area contributed by atoms with Crippen LogP contribution < -0.4 is 10.6 Å². The molecule has 144 valence electrons. The fourth-order valence-corrected chi connectivity index (χ4v) is 3.96. The van der Waals surface area contributed by atoms with Gasteiger partial charge >= 0.3 is 6.09 Å². The summed E-state index contributed by atoms with van der Waals surface area (Å²) in [6.45, 7) is 10.3. The lowest BCUT2D eigenvalue weighted by Crippen LogP contribution is -2.55. The van der Waals surface area contributed by atoms with Crippen molar-refractivity contribution in [2.45, 2.75) is 90.7 Å². The van der Waals surface area contributed by atoms with E-state index in [0.717, 1.165) is 31.6 Å². The first-order valence-electron chi connectivity index (χ1n) is 9.85. The second-order valence-corrected chi connectivity index (χ2v) is 9.44. The SMILES string of the molecule is CC1CCCC(CC(=O)NC(C)(CNC(=O)OC(C)(C)C)C2CC2)C1. The van der Waals surface area contributed by atoms with Crippen LogP contribution in [0.3, 0.4) is 0 Å². The first-order chi connectivity index (χ1) is 11.6. The first kappa shape index (κ1) is 20.1. The van der Waals surface area contributed by atoms with Gasteiger partial charge in [-0.1, -0.05) is 19.8 Å². The Morgan fingerprint density at radius 3 is 2.32 bits per heavy atom. The predicted octanol–water partition coefficient (Wildman–Crippen LogP) is 4.01. The van der Waals surface area contributed by atoms with Crippen molar-refractivity contribution >= 4 is 12.0 Å². The van der Waals surface area contributed by atoms with E-state index in [1.54, 1.807) is 0 Å². The number of ether oxygens (including phenoxy) is 1. The number of carbonyl (C=O) groups is 2. The number of alkyl carbamates (subject to hydrolysis) is 1. The predicted molar refractivity (Wildman–Crippen MR) is 99.2 cm³/mol. The van der Waals surface area contributed by atoms with Crippen molar-refractivity contribution in [3.8, 4) is 0 Å². The lowest BCUT2D eigenvalue weighted by molar-refractivity contribution is -0.124. The highest BCUT2D eigenvalue weighted by atomic mass is 16.6. The molecule has 0 bridgehead atoms. The molecule has 0 aromatic carbocycles. The highest BCUT2D eigenvalue weighted by molar-refractivity contribution is 5.77. The number of carbonyl (C=O) groups excluding carboxylic acids is 2. The van der Waals surface area contributed by atoms with Crippen molar-refractivity contribution in [3.63, 3.8) is 0 Å². The molecule has 2 fully saturated rings. The van der Waals surface area contributed by atoms with Crippen molar-refractivity contribution in [3.05, 3.63) is 0 Å². The number of rotatable bonds is 6. The summed E-state index contributed by atoms with van der Waals surface area (Å²) in [4.78, 5) is 24.5. The van der Waals surface area contributed by atoms with Gasteiger partial charge in [-0.15, -0.1) is 0 Å². The first-order valence-corrected chi connectivity index (χ1v) is 9.85. The molecule has 25 heavy (non-hydrogen) atoms. The molecule has 2 rings (SSSR count).